The summed E-state index contributed by atoms with van der Waals surface area (Å²) in [7, 11) is 0. The Morgan fingerprint density at radius 2 is 2.53 bits per heavy atom. The van der Waals surface area contributed by atoms with Gasteiger partial charge < -0.3 is 14.3 Å². The number of oxazole rings is 1. The first kappa shape index (κ1) is 10.2. The van der Waals surface area contributed by atoms with Crippen molar-refractivity contribution in [3.8, 4) is 0 Å². The summed E-state index contributed by atoms with van der Waals surface area (Å²) in [6, 6.07) is 0. The predicted octanol–water partition coefficient (Wildman–Crippen LogP) is 1.54. The van der Waals surface area contributed by atoms with Crippen LogP contribution in [0.5, 0.6) is 0 Å². The van der Waals surface area contributed by atoms with Crippen molar-refractivity contribution in [2.24, 2.45) is 0 Å². The number of hydrogen-bond acceptors (Lipinski definition) is 4. The summed E-state index contributed by atoms with van der Waals surface area (Å²) in [5.74, 6) is -0.246. The van der Waals surface area contributed by atoms with E-state index in [1.165, 1.54) is 6.26 Å². The molecule has 0 spiro atoms. The summed E-state index contributed by atoms with van der Waals surface area (Å²) in [6.07, 6.45) is 3.92. The number of ether oxygens (including phenoxy) is 1. The van der Waals surface area contributed by atoms with E-state index in [1.54, 1.807) is 0 Å². The molecule has 1 aromatic rings. The Morgan fingerprint density at radius 1 is 1.67 bits per heavy atom. The summed E-state index contributed by atoms with van der Waals surface area (Å²) in [6.45, 7) is 0.748. The number of aliphatic carboxylic acids is 1. The van der Waals surface area contributed by atoms with Gasteiger partial charge in [0, 0.05) is 13.0 Å². The number of aromatic nitrogens is 1. The third kappa shape index (κ3) is 2.56. The molecule has 1 fully saturated rings. The first-order chi connectivity index (χ1) is 7.25. The van der Waals surface area contributed by atoms with Crippen LogP contribution in [0.1, 0.15) is 37.0 Å². The molecule has 1 aliphatic rings. The van der Waals surface area contributed by atoms with Crippen molar-refractivity contribution in [2.75, 3.05) is 6.61 Å². The average Bonchev–Trinajstić information content (AvgIpc) is 2.85. The molecule has 1 unspecified atom stereocenters. The van der Waals surface area contributed by atoms with E-state index in [-0.39, 0.29) is 12.5 Å². The van der Waals surface area contributed by atoms with Crippen LogP contribution >= 0.6 is 0 Å². The third-order valence-electron chi connectivity index (χ3n) is 2.37. The zero-order valence-electron chi connectivity index (χ0n) is 8.31. The van der Waals surface area contributed by atoms with Crippen LogP contribution in [-0.2, 0) is 16.0 Å². The van der Waals surface area contributed by atoms with Crippen LogP contribution in [0.4, 0.5) is 0 Å². The van der Waals surface area contributed by atoms with Crippen molar-refractivity contribution >= 4 is 5.97 Å². The quantitative estimate of drug-likeness (QED) is 0.817. The second kappa shape index (κ2) is 4.44. The molecule has 0 saturated carbocycles. The van der Waals surface area contributed by atoms with Gasteiger partial charge in [-0.2, -0.15) is 0 Å². The topological polar surface area (TPSA) is 72.6 Å². The maximum absolute atomic E-state index is 10.4. The largest absolute Gasteiger partial charge is 0.481 e. The lowest BCUT2D eigenvalue weighted by Crippen LogP contribution is -1.99. The van der Waals surface area contributed by atoms with Crippen LogP contribution in [0.15, 0.2) is 10.7 Å². The smallest absolute Gasteiger partial charge is 0.303 e. The van der Waals surface area contributed by atoms with Crippen molar-refractivity contribution in [3.63, 3.8) is 0 Å². The number of nitrogens with zero attached hydrogens (tertiary/aromatic N) is 1. The normalized spacial score (nSPS) is 20.7. The number of carbonyl (C=O) groups is 1. The Hall–Kier alpha value is -1.36. The highest BCUT2D eigenvalue weighted by molar-refractivity contribution is 5.66. The fourth-order valence-corrected chi connectivity index (χ4v) is 1.59. The molecule has 5 heteroatoms. The lowest BCUT2D eigenvalue weighted by molar-refractivity contribution is -0.136. The molecule has 2 rings (SSSR count). The van der Waals surface area contributed by atoms with Gasteiger partial charge in [0.2, 0.25) is 5.89 Å². The van der Waals surface area contributed by atoms with Crippen LogP contribution in [0.3, 0.4) is 0 Å². The van der Waals surface area contributed by atoms with Gasteiger partial charge in [0.1, 0.15) is 12.4 Å². The van der Waals surface area contributed by atoms with Crippen LogP contribution < -0.4 is 0 Å². The molecule has 0 aromatic carbocycles. The van der Waals surface area contributed by atoms with Gasteiger partial charge >= 0.3 is 5.97 Å². The molecular weight excluding hydrogens is 198 g/mol. The Labute approximate surface area is 87.1 Å². The van der Waals surface area contributed by atoms with Gasteiger partial charge in [-0.25, -0.2) is 4.98 Å². The molecule has 2 heterocycles. The van der Waals surface area contributed by atoms with Gasteiger partial charge in [0.05, 0.1) is 12.1 Å². The maximum atomic E-state index is 10.4. The molecule has 1 aliphatic heterocycles. The molecule has 15 heavy (non-hydrogen) atoms. The minimum absolute atomic E-state index is 0.0384. The van der Waals surface area contributed by atoms with Crippen LogP contribution in [0, 0.1) is 0 Å². The number of rotatable bonds is 4. The molecule has 0 radical (unpaired) electrons. The van der Waals surface area contributed by atoms with E-state index in [0.717, 1.165) is 19.4 Å². The predicted molar refractivity (Wildman–Crippen MR) is 50.4 cm³/mol. The Bertz CT molecular complexity index is 341. The highest BCUT2D eigenvalue weighted by atomic mass is 16.5. The van der Waals surface area contributed by atoms with Crippen LogP contribution in [0.25, 0.3) is 0 Å². The van der Waals surface area contributed by atoms with E-state index < -0.39 is 5.97 Å². The molecule has 1 saturated heterocycles. The Morgan fingerprint density at radius 3 is 3.20 bits per heavy atom. The maximum Gasteiger partial charge on any atom is 0.303 e. The molecule has 1 aromatic heterocycles. The Balaban J connectivity index is 1.94. The van der Waals surface area contributed by atoms with Crippen molar-refractivity contribution in [3.05, 3.63) is 17.8 Å². The van der Waals surface area contributed by atoms with Gasteiger partial charge in [-0.05, 0) is 12.8 Å². The second-order valence-corrected chi connectivity index (χ2v) is 3.57. The summed E-state index contributed by atoms with van der Waals surface area (Å²) in [5.41, 5.74) is 0.683. The van der Waals surface area contributed by atoms with Gasteiger partial charge in [0.15, 0.2) is 0 Å². The fourth-order valence-electron chi connectivity index (χ4n) is 1.59. The van der Waals surface area contributed by atoms with Gasteiger partial charge in [-0.3, -0.25) is 4.79 Å². The molecule has 0 aliphatic carbocycles. The van der Waals surface area contributed by atoms with Crippen LogP contribution in [0.2, 0.25) is 0 Å². The third-order valence-corrected chi connectivity index (χ3v) is 2.37. The zero-order chi connectivity index (χ0) is 10.7. The molecule has 1 atom stereocenters. The molecule has 5 nitrogen and oxygen atoms in total. The van der Waals surface area contributed by atoms with E-state index in [1.807, 2.05) is 0 Å². The monoisotopic (exact) mass is 211 g/mol. The summed E-state index contributed by atoms with van der Waals surface area (Å²) in [4.78, 5) is 14.6. The number of carboxylic acid groups (broad SMARTS) is 1. The Kier molecular flexibility index (Phi) is 3.01. The fraction of sp³-hybridized carbons (Fsp3) is 0.600. The van der Waals surface area contributed by atoms with Gasteiger partial charge in [-0.15, -0.1) is 0 Å². The van der Waals surface area contributed by atoms with E-state index in [0.29, 0.717) is 18.0 Å². The van der Waals surface area contributed by atoms with Crippen molar-refractivity contribution in [1.29, 1.82) is 0 Å². The van der Waals surface area contributed by atoms with Crippen molar-refractivity contribution in [1.82, 2.24) is 4.98 Å². The number of carboxylic acids is 1. The van der Waals surface area contributed by atoms with Crippen molar-refractivity contribution < 1.29 is 19.1 Å². The average molecular weight is 211 g/mol. The summed E-state index contributed by atoms with van der Waals surface area (Å²) in [5, 5.41) is 8.51. The minimum Gasteiger partial charge on any atom is -0.481 e. The van der Waals surface area contributed by atoms with Crippen molar-refractivity contribution in [2.45, 2.75) is 31.8 Å². The van der Waals surface area contributed by atoms with E-state index in [2.05, 4.69) is 4.98 Å². The van der Waals surface area contributed by atoms with Gasteiger partial charge in [0.25, 0.3) is 0 Å². The minimum atomic E-state index is -0.823. The number of aryl methyl sites for hydroxylation is 1. The second-order valence-electron chi connectivity index (χ2n) is 3.57. The zero-order valence-corrected chi connectivity index (χ0v) is 8.31. The van der Waals surface area contributed by atoms with E-state index in [9.17, 15) is 4.79 Å². The summed E-state index contributed by atoms with van der Waals surface area (Å²) >= 11 is 0. The summed E-state index contributed by atoms with van der Waals surface area (Å²) < 4.78 is 10.7. The lowest BCUT2D eigenvalue weighted by Gasteiger charge is -2.01. The first-order valence-corrected chi connectivity index (χ1v) is 5.03. The molecular formula is C10H13NO4. The van der Waals surface area contributed by atoms with Crippen LogP contribution in [-0.4, -0.2) is 22.7 Å². The molecule has 82 valence electrons. The highest BCUT2D eigenvalue weighted by Crippen LogP contribution is 2.27. The molecule has 0 bridgehead atoms. The highest BCUT2D eigenvalue weighted by Gasteiger charge is 2.22. The molecule has 1 N–H and O–H groups in total. The van der Waals surface area contributed by atoms with E-state index >= 15 is 0 Å². The SMILES string of the molecule is O=C(O)CCc1coc(C2CCCO2)n1. The first-order valence-electron chi connectivity index (χ1n) is 5.03. The lowest BCUT2D eigenvalue weighted by atomic mass is 10.2. The number of hydrogen-bond donors (Lipinski definition) is 1. The standard InChI is InChI=1S/C10H13NO4/c12-9(13)4-3-7-6-15-10(11-7)8-2-1-5-14-8/h6,8H,1-5H2,(H,12,13). The van der Waals surface area contributed by atoms with E-state index in [4.69, 9.17) is 14.3 Å². The van der Waals surface area contributed by atoms with Gasteiger partial charge in [-0.1, -0.05) is 0 Å². The molecule has 0 amide bonds.